The van der Waals surface area contributed by atoms with E-state index >= 15 is 0 Å². The van der Waals surface area contributed by atoms with Gasteiger partial charge in [0.05, 0.1) is 0 Å². The molecule has 20 heteroatoms. The summed E-state index contributed by atoms with van der Waals surface area (Å²) in [4.78, 5) is 2.93. The van der Waals surface area contributed by atoms with E-state index in [0.29, 0.717) is 81.8 Å². The Morgan fingerprint density at radius 3 is 0.806 bits per heavy atom. The molecule has 8 aromatic rings. The van der Waals surface area contributed by atoms with Gasteiger partial charge in [0.25, 0.3) is 0 Å². The summed E-state index contributed by atoms with van der Waals surface area (Å²) in [6, 6.07) is 54.1. The van der Waals surface area contributed by atoms with E-state index in [0.717, 1.165) is 0 Å². The van der Waals surface area contributed by atoms with Gasteiger partial charge in [-0.1, -0.05) is 72.8 Å². The summed E-state index contributed by atoms with van der Waals surface area (Å²) >= 11 is -3.44. The van der Waals surface area contributed by atoms with Crippen LogP contribution in [0.4, 0.5) is 0 Å². The van der Waals surface area contributed by atoms with E-state index < -0.39 is 71.6 Å². The van der Waals surface area contributed by atoms with Gasteiger partial charge in [-0.15, -0.1) is 0 Å². The molecule has 0 spiro atoms. The van der Waals surface area contributed by atoms with Crippen LogP contribution in [-0.4, -0.2) is 0 Å². The number of hydrogen-bond donors (Lipinski definition) is 0. The van der Waals surface area contributed by atoms with Gasteiger partial charge in [0.15, 0.2) is 0 Å². The van der Waals surface area contributed by atoms with Crippen molar-refractivity contribution in [3.8, 4) is 23.0 Å². The van der Waals surface area contributed by atoms with E-state index in [4.69, 9.17) is 19.6 Å². The molecular weight excluding hydrogens is 1150 g/mol. The van der Waals surface area contributed by atoms with Crippen LogP contribution in [0.1, 0.15) is 22.3 Å². The maximum absolute atomic E-state index is 12.5. The van der Waals surface area contributed by atoms with Gasteiger partial charge in [0, 0.05) is 0 Å². The minimum atomic E-state index is -4.91. The summed E-state index contributed by atoms with van der Waals surface area (Å²) < 4.78 is 141. The first kappa shape index (κ1) is 53.5. The van der Waals surface area contributed by atoms with E-state index in [2.05, 4.69) is 0 Å². The van der Waals surface area contributed by atoms with Crippen molar-refractivity contribution in [3.63, 3.8) is 0 Å². The van der Waals surface area contributed by atoms with Crippen LogP contribution in [0.25, 0.3) is 0 Å². The monoisotopic (exact) mass is 1190 g/mol. The van der Waals surface area contributed by atoms with Gasteiger partial charge in [-0.2, -0.15) is 28.0 Å². The van der Waals surface area contributed by atoms with Crippen LogP contribution in [0.2, 0.25) is 0 Å². The minimum absolute atomic E-state index is 0.338. The Morgan fingerprint density at radius 2 is 0.569 bits per heavy atom. The van der Waals surface area contributed by atoms with Crippen LogP contribution in [0, 0.1) is 65.6 Å². The second-order valence-corrected chi connectivity index (χ2v) is 29.0. The van der Waals surface area contributed by atoms with Crippen LogP contribution in [0.15, 0.2) is 223 Å². The molecule has 376 valence electrons. The fraction of sp³-hybridized carbons (Fsp3) is 0.0769. The average molecular weight is 1190 g/mol. The number of ether oxygens (including phenoxy) is 2. The third kappa shape index (κ3) is 12.2. The molecule has 0 saturated carbocycles. The normalized spacial score (nSPS) is 13.1. The van der Waals surface area contributed by atoms with Crippen molar-refractivity contribution < 1.29 is 92.2 Å². The third-order valence-corrected chi connectivity index (χ3v) is 26.0. The zero-order chi connectivity index (χ0) is 51.5. The summed E-state index contributed by atoms with van der Waals surface area (Å²) in [7, 11) is -20.9. The van der Waals surface area contributed by atoms with Gasteiger partial charge in [0.2, 0.25) is 0 Å². The Bertz CT molecular complexity index is 2840. The van der Waals surface area contributed by atoms with E-state index in [1.165, 1.54) is 0 Å². The fourth-order valence-electron chi connectivity index (χ4n) is 7.87. The van der Waals surface area contributed by atoms with Crippen molar-refractivity contribution in [1.29, 1.82) is 0 Å². The van der Waals surface area contributed by atoms with Gasteiger partial charge in [0.1, 0.15) is 0 Å². The molecule has 0 saturated heterocycles. The molecule has 8 rings (SSSR count). The molecule has 0 radical (unpaired) electrons. The molecule has 0 aliphatic carbocycles. The summed E-state index contributed by atoms with van der Waals surface area (Å²) in [5.41, 5.74) is 2.86. The quantitative estimate of drug-likeness (QED) is 0.101. The van der Waals surface area contributed by atoms with Crippen molar-refractivity contribution in [2.24, 2.45) is 0 Å². The van der Waals surface area contributed by atoms with Crippen molar-refractivity contribution in [3.05, 3.63) is 224 Å². The van der Waals surface area contributed by atoms with Crippen molar-refractivity contribution in [2.75, 3.05) is 0 Å². The predicted octanol–water partition coefficient (Wildman–Crippen LogP) is 5.10. The molecule has 0 aliphatic rings. The van der Waals surface area contributed by atoms with Crippen molar-refractivity contribution in [2.45, 2.75) is 57.1 Å². The zero-order valence-electron chi connectivity index (χ0n) is 38.5. The smallest absolute Gasteiger partial charge is 0.0619 e. The van der Waals surface area contributed by atoms with Gasteiger partial charge in [-0.25, -0.2) is 0 Å². The molecule has 0 aliphatic heterocycles. The first-order valence-electron chi connectivity index (χ1n) is 21.4. The minimum Gasteiger partial charge on any atom is -0.0619 e. The SMILES string of the molecule is Cc1ccccc1S(O[Cl+3]([O-])([O-])[O-])(c1ccc(Oc2ccc(I(O[Cl+3]([O-])([O-])[O-])c3ccc(Oc4ccc(S(O[Cl+3]([O-])([O-])[O-])(c5ccccc5C)c5ccccc5C)cc4)cc3)cc2)cc1)c1ccccc1C. The number of halogens is 4. The molecule has 0 amide bonds. The molecule has 0 heterocycles. The molecule has 0 fully saturated rings. The number of aryl methyl sites for hydroxylation is 4. The van der Waals surface area contributed by atoms with Gasteiger partial charge >= 0.3 is 308 Å². The van der Waals surface area contributed by atoms with Gasteiger partial charge in [-0.3, -0.25) is 0 Å². The van der Waals surface area contributed by atoms with Gasteiger partial charge < -0.3 is 0 Å². The van der Waals surface area contributed by atoms with E-state index in [9.17, 15) is 41.9 Å². The summed E-state index contributed by atoms with van der Waals surface area (Å²) in [5.74, 6) is 1.36. The molecule has 0 N–H and O–H groups in total. The Morgan fingerprint density at radius 1 is 0.319 bits per heavy atom. The second kappa shape index (κ2) is 21.9. The molecule has 0 unspecified atom stereocenters. The van der Waals surface area contributed by atoms with Crippen LogP contribution < -0.4 is 51.4 Å². The maximum atomic E-state index is 12.5. The molecule has 14 nitrogen and oxygen atoms in total. The average Bonchev–Trinajstić information content (AvgIpc) is 3.33. The Labute approximate surface area is 433 Å². The van der Waals surface area contributed by atoms with Crippen molar-refractivity contribution >= 4 is 40.9 Å². The Balaban J connectivity index is 1.03. The van der Waals surface area contributed by atoms with Crippen LogP contribution >= 0.6 is 40.9 Å². The topological polar surface area (TPSA) is 254 Å². The first-order valence-corrected chi connectivity index (χ1v) is 31.2. The fourth-order valence-corrected chi connectivity index (χ4v) is 22.5. The summed E-state index contributed by atoms with van der Waals surface area (Å²) in [6.45, 7) is 7.24. The molecule has 8 aromatic carbocycles. The standard InChI is InChI=1S/C52H44Cl3IO14S2/c1-37-13-5-9-17-49(37)71(69-54(60,61)62,50-18-10-6-14-38(50)2)47-33-29-45(30-34-47)66-43-25-21-41(22-26-43)56(68-53(57,58)59)42-23-27-44(28-24-42)67-46-31-35-48(36-32-46)72(70-55(63,64)65,51-19-11-7-15-39(51)3)52-20-12-8-16-40(52)4/h5-36H,1-4H3. The predicted molar refractivity (Wildman–Crippen MR) is 250 cm³/mol. The Kier molecular flexibility index (Phi) is 16.3. The van der Waals surface area contributed by atoms with Crippen LogP contribution in [-0.2, 0) is 10.1 Å². The summed E-state index contributed by atoms with van der Waals surface area (Å²) in [6.07, 6.45) is 0. The third-order valence-electron chi connectivity index (χ3n) is 10.9. The molecule has 0 atom stereocenters. The molecular formula is C52H44Cl3IO14S2. The van der Waals surface area contributed by atoms with Crippen molar-refractivity contribution in [1.82, 2.24) is 0 Å². The van der Waals surface area contributed by atoms with E-state index in [1.54, 1.807) is 170 Å². The molecule has 0 bridgehead atoms. The second-order valence-electron chi connectivity index (χ2n) is 15.8. The number of rotatable bonds is 18. The molecule has 72 heavy (non-hydrogen) atoms. The first-order chi connectivity index (χ1) is 34.1. The summed E-state index contributed by atoms with van der Waals surface area (Å²) in [5, 5.41) is 0. The Hall–Kier alpha value is -4.82. The van der Waals surface area contributed by atoms with Crippen LogP contribution in [0.5, 0.6) is 23.0 Å². The zero-order valence-corrected chi connectivity index (χ0v) is 44.6. The molecule has 0 aromatic heterocycles. The van der Waals surface area contributed by atoms with E-state index in [-0.39, 0.29) is 0 Å². The van der Waals surface area contributed by atoms with E-state index in [1.807, 2.05) is 52.0 Å². The van der Waals surface area contributed by atoms with Gasteiger partial charge in [-0.05, 0) is 27.7 Å². The number of benzene rings is 8. The number of hydrogen-bond acceptors (Lipinski definition) is 14. The van der Waals surface area contributed by atoms with Crippen LogP contribution in [0.3, 0.4) is 0 Å².